The molecule has 188 valence electrons. The normalized spacial score (nSPS) is 10.9. The predicted octanol–water partition coefficient (Wildman–Crippen LogP) is 5.39. The number of nitrogens with zero attached hydrogens (tertiary/aromatic N) is 2. The lowest BCUT2D eigenvalue weighted by Gasteiger charge is -2.18. The maximum absolute atomic E-state index is 13.1. The van der Waals surface area contributed by atoms with Gasteiger partial charge in [-0.15, -0.1) is 10.2 Å². The molecule has 0 amide bonds. The summed E-state index contributed by atoms with van der Waals surface area (Å²) in [6.45, 7) is 2.01. The first kappa shape index (κ1) is 25.1. The molecule has 0 aliphatic heterocycles. The van der Waals surface area contributed by atoms with Gasteiger partial charge in [-0.3, -0.25) is 4.79 Å². The van der Waals surface area contributed by atoms with Crippen molar-refractivity contribution in [3.8, 4) is 45.6 Å². The molecule has 0 saturated carbocycles. The molecule has 0 atom stereocenters. The van der Waals surface area contributed by atoms with Crippen molar-refractivity contribution in [1.82, 2.24) is 15.2 Å². The summed E-state index contributed by atoms with van der Waals surface area (Å²) in [6, 6.07) is 12.1. The Kier molecular flexibility index (Phi) is 7.80. The van der Waals surface area contributed by atoms with Crippen molar-refractivity contribution in [3.63, 3.8) is 0 Å². The Labute approximate surface area is 212 Å². The number of aromatic hydroxyl groups is 1. The van der Waals surface area contributed by atoms with Crippen LogP contribution in [0.3, 0.4) is 0 Å². The Morgan fingerprint density at radius 1 is 1.00 bits per heavy atom. The summed E-state index contributed by atoms with van der Waals surface area (Å²) in [6.07, 6.45) is 2.22. The van der Waals surface area contributed by atoms with Crippen molar-refractivity contribution in [2.45, 2.75) is 32.8 Å². The summed E-state index contributed by atoms with van der Waals surface area (Å²) in [5.74, 6) is 1.20. The van der Waals surface area contributed by atoms with E-state index in [1.54, 1.807) is 42.5 Å². The third-order valence-corrected chi connectivity index (χ3v) is 5.83. The number of rotatable bonds is 10. The summed E-state index contributed by atoms with van der Waals surface area (Å²) in [5.41, 5.74) is 0.740. The van der Waals surface area contributed by atoms with Crippen LogP contribution in [0, 0.1) is 0 Å². The fraction of sp³-hybridized carbons (Fsp3) is 0.269. The number of nitrogens with one attached hydrogen (secondary N) is 1. The number of hydrogen-bond acceptors (Lipinski definition) is 8. The maximum atomic E-state index is 13.1. The highest BCUT2D eigenvalue weighted by Gasteiger charge is 2.27. The van der Waals surface area contributed by atoms with Crippen LogP contribution in [-0.2, 0) is 13.0 Å². The van der Waals surface area contributed by atoms with Crippen molar-refractivity contribution < 1.29 is 23.7 Å². The van der Waals surface area contributed by atoms with Crippen LogP contribution in [0.1, 0.15) is 31.4 Å². The molecule has 0 unspecified atom stereocenters. The standard InChI is InChI=1S/C26H26ClN3O6/c1-4-5-7-17-21(22-18(33-2)8-6-9-19(22)34-3)24(31)23(25(32)28-17)26-30-29-20(36-26)14-35-16-12-10-15(27)11-13-16/h6,8-13H,4-5,7,14H2,1-3H3,(H2,28,31,32). The molecular weight excluding hydrogens is 486 g/mol. The highest BCUT2D eigenvalue weighted by molar-refractivity contribution is 6.30. The molecule has 36 heavy (non-hydrogen) atoms. The molecule has 0 radical (unpaired) electrons. The van der Waals surface area contributed by atoms with Crippen LogP contribution >= 0.6 is 11.6 Å². The second-order valence-corrected chi connectivity index (χ2v) is 8.35. The van der Waals surface area contributed by atoms with Gasteiger partial charge in [0.05, 0.1) is 25.3 Å². The van der Waals surface area contributed by atoms with Crippen molar-refractivity contribution in [2.75, 3.05) is 14.2 Å². The van der Waals surface area contributed by atoms with Gasteiger partial charge in [-0.2, -0.15) is 0 Å². The van der Waals surface area contributed by atoms with Crippen molar-refractivity contribution in [1.29, 1.82) is 0 Å². The van der Waals surface area contributed by atoms with Crippen LogP contribution in [-0.4, -0.2) is 34.5 Å². The van der Waals surface area contributed by atoms with E-state index in [9.17, 15) is 9.90 Å². The Bertz CT molecular complexity index is 1380. The van der Waals surface area contributed by atoms with E-state index in [2.05, 4.69) is 15.2 Å². The summed E-state index contributed by atoms with van der Waals surface area (Å²) in [7, 11) is 3.05. The topological polar surface area (TPSA) is 120 Å². The number of methoxy groups -OCH3 is 2. The zero-order valence-corrected chi connectivity index (χ0v) is 20.9. The Balaban J connectivity index is 1.78. The van der Waals surface area contributed by atoms with Gasteiger partial charge in [0, 0.05) is 10.7 Å². The number of unbranched alkanes of at least 4 members (excludes halogenated alkanes) is 1. The SMILES string of the molecule is CCCCc1[nH]c(=O)c(-c2nnc(COc3ccc(Cl)cc3)o2)c(O)c1-c1c(OC)cccc1OC. The zero-order valence-electron chi connectivity index (χ0n) is 20.1. The van der Waals surface area contributed by atoms with Gasteiger partial charge in [0.25, 0.3) is 17.3 Å². The highest BCUT2D eigenvalue weighted by atomic mass is 35.5. The van der Waals surface area contributed by atoms with Crippen LogP contribution in [0.5, 0.6) is 23.0 Å². The molecule has 10 heteroatoms. The van der Waals surface area contributed by atoms with Gasteiger partial charge in [-0.25, -0.2) is 0 Å². The molecule has 2 aromatic heterocycles. The number of hydrogen-bond donors (Lipinski definition) is 2. The minimum Gasteiger partial charge on any atom is -0.506 e. The van der Waals surface area contributed by atoms with Gasteiger partial charge in [0.15, 0.2) is 6.61 Å². The molecule has 2 N–H and O–H groups in total. The van der Waals surface area contributed by atoms with E-state index in [1.165, 1.54) is 14.2 Å². The second kappa shape index (κ2) is 11.2. The molecule has 4 rings (SSSR count). The van der Waals surface area contributed by atoms with Gasteiger partial charge in [-0.05, 0) is 49.2 Å². The number of H-pyrrole nitrogens is 1. The fourth-order valence-corrected chi connectivity index (χ4v) is 3.96. The maximum Gasteiger partial charge on any atom is 0.264 e. The lowest BCUT2D eigenvalue weighted by molar-refractivity contribution is 0.264. The van der Waals surface area contributed by atoms with E-state index in [0.717, 1.165) is 12.8 Å². The van der Waals surface area contributed by atoms with E-state index in [1.807, 2.05) is 6.92 Å². The molecule has 2 aromatic carbocycles. The molecule has 0 aliphatic carbocycles. The van der Waals surface area contributed by atoms with Gasteiger partial charge in [0.1, 0.15) is 28.6 Å². The van der Waals surface area contributed by atoms with E-state index in [-0.39, 0.29) is 29.7 Å². The van der Waals surface area contributed by atoms with Crippen LogP contribution < -0.4 is 19.8 Å². The fourth-order valence-electron chi connectivity index (χ4n) is 3.83. The Morgan fingerprint density at radius 2 is 1.69 bits per heavy atom. The van der Waals surface area contributed by atoms with Crippen LogP contribution in [0.2, 0.25) is 5.02 Å². The van der Waals surface area contributed by atoms with Crippen molar-refractivity contribution >= 4 is 11.6 Å². The molecule has 0 saturated heterocycles. The first-order chi connectivity index (χ1) is 17.5. The minimum atomic E-state index is -0.551. The second-order valence-electron chi connectivity index (χ2n) is 7.92. The third-order valence-electron chi connectivity index (χ3n) is 5.58. The number of aromatic nitrogens is 3. The lowest BCUT2D eigenvalue weighted by Crippen LogP contribution is -2.14. The molecular formula is C26H26ClN3O6. The molecule has 9 nitrogen and oxygen atoms in total. The number of halogens is 1. The lowest BCUT2D eigenvalue weighted by atomic mass is 9.96. The van der Waals surface area contributed by atoms with E-state index < -0.39 is 5.56 Å². The average molecular weight is 512 g/mol. The smallest absolute Gasteiger partial charge is 0.264 e. The number of ether oxygens (including phenoxy) is 3. The van der Waals surface area contributed by atoms with Crippen molar-refractivity contribution in [3.05, 3.63) is 69.4 Å². The number of aromatic amines is 1. The monoisotopic (exact) mass is 511 g/mol. The predicted molar refractivity (Wildman–Crippen MR) is 135 cm³/mol. The Hall–Kier alpha value is -3.98. The van der Waals surface area contributed by atoms with Crippen LogP contribution in [0.4, 0.5) is 0 Å². The van der Waals surface area contributed by atoms with Gasteiger partial charge in [0.2, 0.25) is 0 Å². The van der Waals surface area contributed by atoms with E-state index in [4.69, 9.17) is 30.2 Å². The van der Waals surface area contributed by atoms with Crippen molar-refractivity contribution in [2.24, 2.45) is 0 Å². The largest absolute Gasteiger partial charge is 0.506 e. The van der Waals surface area contributed by atoms with E-state index in [0.29, 0.717) is 45.5 Å². The molecule has 0 aliphatic rings. The van der Waals surface area contributed by atoms with Gasteiger partial charge in [-0.1, -0.05) is 31.0 Å². The summed E-state index contributed by atoms with van der Waals surface area (Å²) in [5, 5.41) is 20.0. The third kappa shape index (κ3) is 5.16. The average Bonchev–Trinajstić information content (AvgIpc) is 3.35. The first-order valence-corrected chi connectivity index (χ1v) is 11.7. The molecule has 0 bridgehead atoms. The molecule has 4 aromatic rings. The minimum absolute atomic E-state index is 0.0327. The summed E-state index contributed by atoms with van der Waals surface area (Å²) >= 11 is 5.90. The highest BCUT2D eigenvalue weighted by Crippen LogP contribution is 2.46. The molecule has 2 heterocycles. The van der Waals surface area contributed by atoms with Crippen LogP contribution in [0.15, 0.2) is 51.7 Å². The summed E-state index contributed by atoms with van der Waals surface area (Å²) < 4.78 is 22.4. The Morgan fingerprint density at radius 3 is 2.33 bits per heavy atom. The number of pyridine rings is 1. The van der Waals surface area contributed by atoms with E-state index >= 15 is 0 Å². The van der Waals surface area contributed by atoms with Crippen LogP contribution in [0.25, 0.3) is 22.6 Å². The number of aryl methyl sites for hydroxylation is 1. The quantitative estimate of drug-likeness (QED) is 0.291. The van der Waals surface area contributed by atoms with Gasteiger partial charge >= 0.3 is 0 Å². The summed E-state index contributed by atoms with van der Waals surface area (Å²) in [4.78, 5) is 16.0. The molecule has 0 fully saturated rings. The number of benzene rings is 2. The zero-order chi connectivity index (χ0) is 25.7. The molecule has 0 spiro atoms. The van der Waals surface area contributed by atoms with Gasteiger partial charge < -0.3 is 28.7 Å². The first-order valence-electron chi connectivity index (χ1n) is 11.4.